The normalized spacial score (nSPS) is 10.7. The summed E-state index contributed by atoms with van der Waals surface area (Å²) in [6.45, 7) is 0. The molecule has 7 heteroatoms. The Hall–Kier alpha value is -3.67. The fourth-order valence-corrected chi connectivity index (χ4v) is 4.04. The molecule has 2 amide bonds. The summed E-state index contributed by atoms with van der Waals surface area (Å²) in [6.07, 6.45) is 0. The highest BCUT2D eigenvalue weighted by Crippen LogP contribution is 2.38. The third-order valence-corrected chi connectivity index (χ3v) is 5.40. The minimum atomic E-state index is -1.22. The van der Waals surface area contributed by atoms with Crippen molar-refractivity contribution >= 4 is 57.4 Å². The van der Waals surface area contributed by atoms with Crippen LogP contribution >= 0.6 is 23.2 Å². The van der Waals surface area contributed by atoms with Crippen molar-refractivity contribution in [3.8, 4) is 0 Å². The minimum Gasteiger partial charge on any atom is -0.478 e. The zero-order chi connectivity index (χ0) is 22.8. The molecule has 0 saturated heterocycles. The third-order valence-electron chi connectivity index (χ3n) is 4.88. The zero-order valence-electron chi connectivity index (χ0n) is 16.5. The van der Waals surface area contributed by atoms with Crippen LogP contribution in [0.15, 0.2) is 84.9 Å². The second kappa shape index (κ2) is 8.83. The number of rotatable bonds is 4. The van der Waals surface area contributed by atoms with Crippen LogP contribution in [0.2, 0.25) is 10.0 Å². The maximum absolute atomic E-state index is 13.6. The van der Waals surface area contributed by atoms with Gasteiger partial charge in [-0.1, -0.05) is 59.6 Å². The minimum absolute atomic E-state index is 0.0595. The average Bonchev–Trinajstić information content (AvgIpc) is 2.79. The lowest BCUT2D eigenvalue weighted by Gasteiger charge is -2.24. The Morgan fingerprint density at radius 2 is 1.22 bits per heavy atom. The SMILES string of the molecule is O=C(O)c1cc(N(C(=O)c2ccccc2)C(=O)c2ccccc2)c2c(Cl)cc(Cl)cc2c1. The van der Waals surface area contributed by atoms with Crippen molar-refractivity contribution in [3.05, 3.63) is 112 Å². The van der Waals surface area contributed by atoms with E-state index in [-0.39, 0.29) is 27.4 Å². The van der Waals surface area contributed by atoms with Crippen LogP contribution in [-0.4, -0.2) is 22.9 Å². The quantitative estimate of drug-likeness (QED) is 0.358. The van der Waals surface area contributed by atoms with Crippen LogP contribution in [0.1, 0.15) is 31.1 Å². The first-order valence-corrected chi connectivity index (χ1v) is 10.3. The van der Waals surface area contributed by atoms with Gasteiger partial charge in [-0.2, -0.15) is 0 Å². The largest absolute Gasteiger partial charge is 0.478 e. The van der Waals surface area contributed by atoms with Crippen molar-refractivity contribution in [2.75, 3.05) is 4.90 Å². The van der Waals surface area contributed by atoms with Crippen molar-refractivity contribution in [1.82, 2.24) is 0 Å². The van der Waals surface area contributed by atoms with Gasteiger partial charge < -0.3 is 5.11 Å². The lowest BCUT2D eigenvalue weighted by Crippen LogP contribution is -2.37. The van der Waals surface area contributed by atoms with E-state index in [0.29, 0.717) is 15.8 Å². The van der Waals surface area contributed by atoms with E-state index in [9.17, 15) is 19.5 Å². The Morgan fingerprint density at radius 3 is 1.72 bits per heavy atom. The summed E-state index contributed by atoms with van der Waals surface area (Å²) in [5.74, 6) is -2.45. The molecule has 0 bridgehead atoms. The average molecular weight is 464 g/mol. The molecule has 4 rings (SSSR count). The van der Waals surface area contributed by atoms with Gasteiger partial charge in [0, 0.05) is 21.5 Å². The van der Waals surface area contributed by atoms with Crippen LogP contribution in [0.5, 0.6) is 0 Å². The summed E-state index contributed by atoms with van der Waals surface area (Å²) in [4.78, 5) is 39.9. The molecule has 0 fully saturated rings. The monoisotopic (exact) mass is 463 g/mol. The molecule has 0 unspecified atom stereocenters. The van der Waals surface area contributed by atoms with Gasteiger partial charge in [-0.05, 0) is 53.9 Å². The molecule has 0 radical (unpaired) electrons. The summed E-state index contributed by atoms with van der Waals surface area (Å²) >= 11 is 12.6. The van der Waals surface area contributed by atoms with Gasteiger partial charge in [0.05, 0.1) is 16.3 Å². The number of carbonyl (C=O) groups is 3. The number of amides is 2. The van der Waals surface area contributed by atoms with Gasteiger partial charge in [-0.25, -0.2) is 9.69 Å². The maximum Gasteiger partial charge on any atom is 0.335 e. The van der Waals surface area contributed by atoms with Crippen LogP contribution in [0.3, 0.4) is 0 Å². The van der Waals surface area contributed by atoms with E-state index in [1.54, 1.807) is 60.7 Å². The highest BCUT2D eigenvalue weighted by molar-refractivity contribution is 6.41. The van der Waals surface area contributed by atoms with E-state index in [2.05, 4.69) is 0 Å². The highest BCUT2D eigenvalue weighted by Gasteiger charge is 2.29. The molecule has 0 heterocycles. The van der Waals surface area contributed by atoms with Crippen molar-refractivity contribution in [2.45, 2.75) is 0 Å². The molecule has 158 valence electrons. The molecular weight excluding hydrogens is 449 g/mol. The Balaban J connectivity index is 2.04. The molecule has 4 aromatic carbocycles. The Labute approximate surface area is 193 Å². The number of imide groups is 1. The van der Waals surface area contributed by atoms with Gasteiger partial charge in [0.1, 0.15) is 0 Å². The Bertz CT molecular complexity index is 1300. The maximum atomic E-state index is 13.6. The molecule has 5 nitrogen and oxygen atoms in total. The summed E-state index contributed by atoms with van der Waals surface area (Å²) < 4.78 is 0. The number of anilines is 1. The van der Waals surface area contributed by atoms with E-state index in [1.807, 2.05) is 0 Å². The summed E-state index contributed by atoms with van der Waals surface area (Å²) in [5, 5.41) is 10.9. The number of hydrogen-bond acceptors (Lipinski definition) is 3. The second-order valence-corrected chi connectivity index (χ2v) is 7.81. The molecular formula is C25H15Cl2NO4. The predicted octanol–water partition coefficient (Wildman–Crippen LogP) is 6.33. The summed E-state index contributed by atoms with van der Waals surface area (Å²) in [7, 11) is 0. The lowest BCUT2D eigenvalue weighted by atomic mass is 10.0. The van der Waals surface area contributed by atoms with Crippen LogP contribution in [-0.2, 0) is 0 Å². The molecule has 32 heavy (non-hydrogen) atoms. The standard InChI is InChI=1S/C25H15Cl2NO4/c26-19-12-17-11-18(25(31)32)13-21(22(17)20(27)14-19)28(23(29)15-7-3-1-4-8-15)24(30)16-9-5-2-6-10-16/h1-14H,(H,31,32). The first-order valence-electron chi connectivity index (χ1n) is 9.52. The number of hydrogen-bond donors (Lipinski definition) is 1. The molecule has 0 spiro atoms. The molecule has 4 aromatic rings. The van der Waals surface area contributed by atoms with Crippen LogP contribution < -0.4 is 4.90 Å². The first-order chi connectivity index (χ1) is 15.4. The number of carbonyl (C=O) groups excluding carboxylic acids is 2. The van der Waals surface area contributed by atoms with Gasteiger partial charge in [-0.15, -0.1) is 0 Å². The van der Waals surface area contributed by atoms with E-state index in [1.165, 1.54) is 24.3 Å². The highest BCUT2D eigenvalue weighted by atomic mass is 35.5. The molecule has 0 atom stereocenters. The molecule has 0 aliphatic carbocycles. The molecule has 0 saturated carbocycles. The molecule has 0 aliphatic rings. The van der Waals surface area contributed by atoms with E-state index in [0.717, 1.165) is 4.90 Å². The molecule has 0 aromatic heterocycles. The predicted molar refractivity (Wildman–Crippen MR) is 125 cm³/mol. The third kappa shape index (κ3) is 4.08. The Kier molecular flexibility index (Phi) is 5.95. The fraction of sp³-hybridized carbons (Fsp3) is 0. The molecule has 0 aliphatic heterocycles. The van der Waals surface area contributed by atoms with Crippen LogP contribution in [0.4, 0.5) is 5.69 Å². The van der Waals surface area contributed by atoms with Crippen LogP contribution in [0.25, 0.3) is 10.8 Å². The first kappa shape index (κ1) is 21.6. The topological polar surface area (TPSA) is 74.7 Å². The van der Waals surface area contributed by atoms with Crippen molar-refractivity contribution in [1.29, 1.82) is 0 Å². The van der Waals surface area contributed by atoms with E-state index in [4.69, 9.17) is 23.2 Å². The number of fused-ring (bicyclic) bond motifs is 1. The zero-order valence-corrected chi connectivity index (χ0v) is 18.0. The van der Waals surface area contributed by atoms with Gasteiger partial charge in [-0.3, -0.25) is 9.59 Å². The van der Waals surface area contributed by atoms with E-state index < -0.39 is 17.8 Å². The van der Waals surface area contributed by atoms with Gasteiger partial charge in [0.25, 0.3) is 11.8 Å². The number of nitrogens with zero attached hydrogens (tertiary/aromatic N) is 1. The number of carboxylic acids is 1. The second-order valence-electron chi connectivity index (χ2n) is 6.96. The van der Waals surface area contributed by atoms with Gasteiger partial charge in [0.2, 0.25) is 0 Å². The van der Waals surface area contributed by atoms with Crippen molar-refractivity contribution in [2.24, 2.45) is 0 Å². The fourth-order valence-electron chi connectivity index (χ4n) is 3.44. The smallest absolute Gasteiger partial charge is 0.335 e. The lowest BCUT2D eigenvalue weighted by molar-refractivity contribution is 0.0695. The number of carboxylic acid groups (broad SMARTS) is 1. The van der Waals surface area contributed by atoms with Gasteiger partial charge >= 0.3 is 5.97 Å². The van der Waals surface area contributed by atoms with Crippen molar-refractivity contribution in [3.63, 3.8) is 0 Å². The Morgan fingerprint density at radius 1 is 0.688 bits per heavy atom. The number of halogens is 2. The summed E-state index contributed by atoms with van der Waals surface area (Å²) in [5.41, 5.74) is 0.466. The summed E-state index contributed by atoms with van der Waals surface area (Å²) in [6, 6.07) is 22.2. The van der Waals surface area contributed by atoms with Crippen molar-refractivity contribution < 1.29 is 19.5 Å². The molecule has 1 N–H and O–H groups in total. The van der Waals surface area contributed by atoms with E-state index >= 15 is 0 Å². The van der Waals surface area contributed by atoms with Crippen LogP contribution in [0, 0.1) is 0 Å². The van der Waals surface area contributed by atoms with Gasteiger partial charge in [0.15, 0.2) is 0 Å². The number of aromatic carboxylic acids is 1. The number of benzene rings is 4.